The highest BCUT2D eigenvalue weighted by Gasteiger charge is 2.40. The third-order valence-electron chi connectivity index (χ3n) is 5.00. The number of rotatable bonds is 4. The smallest absolute Gasteiger partial charge is 0.321 e. The minimum Gasteiger partial charge on any atom is -0.351 e. The van der Waals surface area contributed by atoms with Crippen LogP contribution in [0.2, 0.25) is 0 Å². The zero-order valence-corrected chi connectivity index (χ0v) is 16.7. The van der Waals surface area contributed by atoms with Crippen molar-refractivity contribution in [2.45, 2.75) is 51.6 Å². The zero-order valence-electron chi connectivity index (χ0n) is 16.7. The second kappa shape index (κ2) is 8.35. The fourth-order valence-electron chi connectivity index (χ4n) is 3.90. The number of primary amides is 2. The number of H-pyrrole nitrogens is 2. The summed E-state index contributed by atoms with van der Waals surface area (Å²) >= 11 is 0. The van der Waals surface area contributed by atoms with Gasteiger partial charge in [-0.1, -0.05) is 12.8 Å². The van der Waals surface area contributed by atoms with Crippen LogP contribution in [0.25, 0.3) is 0 Å². The summed E-state index contributed by atoms with van der Waals surface area (Å²) < 4.78 is 0. The number of amides is 4. The molecule has 0 aliphatic heterocycles. The van der Waals surface area contributed by atoms with Gasteiger partial charge >= 0.3 is 12.1 Å². The number of carbonyl (C=O) groups excluding carboxylic acids is 2. The van der Waals surface area contributed by atoms with Gasteiger partial charge in [0.2, 0.25) is 11.9 Å². The number of nitrogens with zero attached hydrogens (tertiary/aromatic N) is 4. The van der Waals surface area contributed by atoms with Crippen molar-refractivity contribution in [1.29, 1.82) is 0 Å². The first-order valence-corrected chi connectivity index (χ1v) is 9.50. The quantitative estimate of drug-likeness (QED) is 0.553. The second-order valence-corrected chi connectivity index (χ2v) is 7.26. The van der Waals surface area contributed by atoms with E-state index in [1.54, 1.807) is 13.8 Å². The lowest BCUT2D eigenvalue weighted by Gasteiger charge is -2.42. The fraction of sp³-hybridized carbons (Fsp3) is 0.444. The average molecular weight is 416 g/mol. The molecule has 30 heavy (non-hydrogen) atoms. The summed E-state index contributed by atoms with van der Waals surface area (Å²) in [6.07, 6.45) is 2.47. The molecule has 2 aromatic rings. The van der Waals surface area contributed by atoms with Gasteiger partial charge in [-0.3, -0.25) is 29.4 Å². The van der Waals surface area contributed by atoms with Crippen LogP contribution in [0.5, 0.6) is 0 Å². The molecule has 12 heteroatoms. The van der Waals surface area contributed by atoms with Crippen LogP contribution in [0.3, 0.4) is 0 Å². The van der Waals surface area contributed by atoms with Gasteiger partial charge < -0.3 is 11.5 Å². The predicted molar refractivity (Wildman–Crippen MR) is 109 cm³/mol. The van der Waals surface area contributed by atoms with Gasteiger partial charge in [-0.2, -0.15) is 0 Å². The summed E-state index contributed by atoms with van der Waals surface area (Å²) in [5.74, 6) is -0.0287. The van der Waals surface area contributed by atoms with E-state index in [1.807, 2.05) is 0 Å². The third kappa shape index (κ3) is 4.31. The van der Waals surface area contributed by atoms with Crippen molar-refractivity contribution in [3.63, 3.8) is 0 Å². The number of aromatic nitrogens is 4. The van der Waals surface area contributed by atoms with E-state index in [0.717, 1.165) is 12.8 Å². The van der Waals surface area contributed by atoms with Gasteiger partial charge in [-0.05, 0) is 26.7 Å². The number of hydrogen-bond donors (Lipinski definition) is 4. The highest BCUT2D eigenvalue weighted by molar-refractivity contribution is 5.92. The third-order valence-corrected chi connectivity index (χ3v) is 5.00. The minimum absolute atomic E-state index is 0.0143. The number of aryl methyl sites for hydroxylation is 2. The molecule has 1 aliphatic rings. The van der Waals surface area contributed by atoms with E-state index < -0.39 is 35.3 Å². The summed E-state index contributed by atoms with van der Waals surface area (Å²) in [5, 5.41) is 0. The Bertz CT molecular complexity index is 993. The average Bonchev–Trinajstić information content (AvgIpc) is 2.61. The molecule has 160 valence electrons. The standard InChI is InChI=1S/C18H24N8O4/c1-9-7-13(27)23-17(21-9)25(15(19)29)11-5-3-4-6-12(11)26(16(20)30)18-22-10(2)8-14(28)24-18/h7-8,11-12H,3-6H2,1-2H3,(H2,19,29)(H2,20,30)(H,21,23,27)(H,22,24,28). The molecule has 1 saturated carbocycles. The highest BCUT2D eigenvalue weighted by Crippen LogP contribution is 2.30. The Morgan fingerprint density at radius 3 is 1.53 bits per heavy atom. The van der Waals surface area contributed by atoms with Crippen LogP contribution in [0, 0.1) is 13.8 Å². The van der Waals surface area contributed by atoms with Gasteiger partial charge in [-0.25, -0.2) is 19.6 Å². The van der Waals surface area contributed by atoms with Crippen LogP contribution >= 0.6 is 0 Å². The Labute approximate surface area is 171 Å². The molecule has 2 unspecified atom stereocenters. The lowest BCUT2D eigenvalue weighted by Crippen LogP contribution is -2.60. The number of carbonyl (C=O) groups is 2. The van der Waals surface area contributed by atoms with Crippen molar-refractivity contribution >= 4 is 24.0 Å². The number of nitrogens with two attached hydrogens (primary N) is 2. The topological polar surface area (TPSA) is 184 Å². The van der Waals surface area contributed by atoms with E-state index in [-0.39, 0.29) is 11.9 Å². The van der Waals surface area contributed by atoms with Crippen molar-refractivity contribution in [3.8, 4) is 0 Å². The van der Waals surface area contributed by atoms with Crippen molar-refractivity contribution < 1.29 is 9.59 Å². The van der Waals surface area contributed by atoms with Crippen LogP contribution < -0.4 is 32.4 Å². The number of nitrogens with one attached hydrogen (secondary N) is 2. The van der Waals surface area contributed by atoms with Crippen molar-refractivity contribution in [1.82, 2.24) is 19.9 Å². The first-order valence-electron chi connectivity index (χ1n) is 9.50. The van der Waals surface area contributed by atoms with E-state index in [2.05, 4.69) is 19.9 Å². The Balaban J connectivity index is 2.10. The molecule has 0 spiro atoms. The molecule has 2 atom stereocenters. The maximum Gasteiger partial charge on any atom is 0.321 e. The highest BCUT2D eigenvalue weighted by atomic mass is 16.2. The molecule has 0 saturated heterocycles. The first-order chi connectivity index (χ1) is 14.2. The number of hydrogen-bond acceptors (Lipinski definition) is 6. The molecule has 1 fully saturated rings. The summed E-state index contributed by atoms with van der Waals surface area (Å²) in [5.41, 5.74) is 11.2. The molecule has 0 radical (unpaired) electrons. The Kier molecular flexibility index (Phi) is 5.85. The van der Waals surface area contributed by atoms with E-state index in [1.165, 1.54) is 21.9 Å². The number of urea groups is 2. The molecule has 2 aromatic heterocycles. The largest absolute Gasteiger partial charge is 0.351 e. The predicted octanol–water partition coefficient (Wildman–Crippen LogP) is 0.252. The van der Waals surface area contributed by atoms with Crippen LogP contribution in [0.1, 0.15) is 37.1 Å². The maximum atomic E-state index is 12.4. The molecule has 0 bridgehead atoms. The minimum atomic E-state index is -0.837. The maximum absolute atomic E-state index is 12.4. The Hall–Kier alpha value is -3.70. The van der Waals surface area contributed by atoms with Crippen LogP contribution in [-0.4, -0.2) is 44.1 Å². The molecule has 2 heterocycles. The van der Waals surface area contributed by atoms with Gasteiger partial charge in [0, 0.05) is 23.5 Å². The molecule has 0 aromatic carbocycles. The van der Waals surface area contributed by atoms with Gasteiger partial charge in [-0.15, -0.1) is 0 Å². The number of anilines is 2. The molecule has 3 rings (SSSR count). The van der Waals surface area contributed by atoms with Gasteiger partial charge in [0.15, 0.2) is 0 Å². The molecule has 12 nitrogen and oxygen atoms in total. The lowest BCUT2D eigenvalue weighted by atomic mass is 9.88. The monoisotopic (exact) mass is 416 g/mol. The summed E-state index contributed by atoms with van der Waals surface area (Å²) in [7, 11) is 0. The fourth-order valence-corrected chi connectivity index (χ4v) is 3.90. The van der Waals surface area contributed by atoms with Gasteiger partial charge in [0.1, 0.15) is 0 Å². The van der Waals surface area contributed by atoms with E-state index in [0.29, 0.717) is 24.2 Å². The van der Waals surface area contributed by atoms with Crippen LogP contribution in [0.15, 0.2) is 21.7 Å². The second-order valence-electron chi connectivity index (χ2n) is 7.26. The zero-order chi connectivity index (χ0) is 22.0. The van der Waals surface area contributed by atoms with E-state index >= 15 is 0 Å². The lowest BCUT2D eigenvalue weighted by molar-refractivity contribution is 0.237. The summed E-state index contributed by atoms with van der Waals surface area (Å²) in [6, 6.07) is -0.374. The van der Waals surface area contributed by atoms with Crippen LogP contribution in [-0.2, 0) is 0 Å². The van der Waals surface area contributed by atoms with Crippen molar-refractivity contribution in [2.24, 2.45) is 11.5 Å². The van der Waals surface area contributed by atoms with Crippen LogP contribution in [0.4, 0.5) is 21.5 Å². The van der Waals surface area contributed by atoms with E-state index in [4.69, 9.17) is 11.5 Å². The van der Waals surface area contributed by atoms with E-state index in [9.17, 15) is 19.2 Å². The Morgan fingerprint density at radius 1 is 0.867 bits per heavy atom. The summed E-state index contributed by atoms with van der Waals surface area (Å²) in [6.45, 7) is 3.24. The van der Waals surface area contributed by atoms with Crippen molar-refractivity contribution in [2.75, 3.05) is 9.80 Å². The molecule has 1 aliphatic carbocycles. The SMILES string of the molecule is Cc1cc(=O)[nH]c(N(C(N)=O)C2CCCCC2N(C(N)=O)c2nc(C)cc(=O)[nH]2)n1. The molecule has 4 amide bonds. The first kappa shape index (κ1) is 21.0. The molecular weight excluding hydrogens is 392 g/mol. The van der Waals surface area contributed by atoms with Crippen molar-refractivity contribution in [3.05, 3.63) is 44.2 Å². The normalized spacial score (nSPS) is 18.6. The summed E-state index contributed by atoms with van der Waals surface area (Å²) in [4.78, 5) is 64.5. The van der Waals surface area contributed by atoms with Gasteiger partial charge in [0.25, 0.3) is 11.1 Å². The number of aromatic amines is 2. The Morgan fingerprint density at radius 2 is 1.23 bits per heavy atom. The molecule has 6 N–H and O–H groups in total. The molecular formula is C18H24N8O4. The van der Waals surface area contributed by atoms with Gasteiger partial charge in [0.05, 0.1) is 12.1 Å².